The van der Waals surface area contributed by atoms with E-state index in [0.29, 0.717) is 18.1 Å². The fraction of sp³-hybridized carbons (Fsp3) is 0.421. The molecule has 0 bridgehead atoms. The van der Waals surface area contributed by atoms with E-state index in [1.54, 1.807) is 23.1 Å². The molecule has 0 spiro atoms. The fourth-order valence-electron chi connectivity index (χ4n) is 2.84. The van der Waals surface area contributed by atoms with Crippen molar-refractivity contribution in [3.8, 4) is 0 Å². The highest BCUT2D eigenvalue weighted by atomic mass is 32.2. The third-order valence-electron chi connectivity index (χ3n) is 4.36. The topological polar surface area (TPSA) is 71.3 Å². The minimum atomic E-state index is -0.164. The average Bonchev–Trinajstić information content (AvgIpc) is 3.26. The summed E-state index contributed by atoms with van der Waals surface area (Å²) < 4.78 is 6.79. The number of nitrogens with zero attached hydrogens (tertiary/aromatic N) is 3. The standard InChI is InChI=1S/C19H24N4O2S2/c1-4-23(5-2)11-10-20-18(24)17-15(12-26-19-22-21-13(3)27-19)14-8-6-7-9-16(14)25-17/h6-9H,4-5,10-12H2,1-3H3,(H,20,24). The number of hydrogen-bond acceptors (Lipinski definition) is 7. The summed E-state index contributed by atoms with van der Waals surface area (Å²) >= 11 is 3.13. The zero-order valence-electron chi connectivity index (χ0n) is 15.8. The number of amides is 1. The summed E-state index contributed by atoms with van der Waals surface area (Å²) in [5.74, 6) is 0.844. The molecule has 0 radical (unpaired) electrons. The maximum Gasteiger partial charge on any atom is 0.287 e. The highest BCUT2D eigenvalue weighted by molar-refractivity contribution is 8.00. The number of fused-ring (bicyclic) bond motifs is 1. The van der Waals surface area contributed by atoms with Crippen molar-refractivity contribution in [1.82, 2.24) is 20.4 Å². The number of para-hydroxylation sites is 1. The second kappa shape index (κ2) is 9.34. The van der Waals surface area contributed by atoms with E-state index in [9.17, 15) is 4.79 Å². The van der Waals surface area contributed by atoms with Crippen molar-refractivity contribution in [3.05, 3.63) is 40.6 Å². The number of likely N-dealkylation sites (N-methyl/N-ethyl adjacent to an activating group) is 1. The first kappa shape index (κ1) is 19.9. The molecule has 0 aliphatic heterocycles. The fourth-order valence-corrected chi connectivity index (χ4v) is 4.69. The van der Waals surface area contributed by atoms with Crippen LogP contribution in [0, 0.1) is 6.92 Å². The van der Waals surface area contributed by atoms with Gasteiger partial charge in [0, 0.05) is 29.8 Å². The highest BCUT2D eigenvalue weighted by Gasteiger charge is 2.21. The zero-order chi connectivity index (χ0) is 19.2. The number of aryl methyl sites for hydroxylation is 1. The van der Waals surface area contributed by atoms with Gasteiger partial charge in [0.05, 0.1) is 0 Å². The highest BCUT2D eigenvalue weighted by Crippen LogP contribution is 2.33. The predicted octanol–water partition coefficient (Wildman–Crippen LogP) is 3.96. The van der Waals surface area contributed by atoms with Gasteiger partial charge in [0.25, 0.3) is 5.91 Å². The van der Waals surface area contributed by atoms with Crippen molar-refractivity contribution in [2.75, 3.05) is 26.2 Å². The predicted molar refractivity (Wildman–Crippen MR) is 111 cm³/mol. The molecule has 0 unspecified atom stereocenters. The molecular formula is C19H24N4O2S2. The molecule has 144 valence electrons. The molecule has 27 heavy (non-hydrogen) atoms. The van der Waals surface area contributed by atoms with Gasteiger partial charge in [0.1, 0.15) is 10.6 Å². The molecule has 8 heteroatoms. The summed E-state index contributed by atoms with van der Waals surface area (Å²) in [6, 6.07) is 7.76. The van der Waals surface area contributed by atoms with Gasteiger partial charge < -0.3 is 14.6 Å². The molecular weight excluding hydrogens is 380 g/mol. The molecule has 1 aromatic carbocycles. The van der Waals surface area contributed by atoms with E-state index in [1.807, 2.05) is 31.2 Å². The number of thioether (sulfide) groups is 1. The van der Waals surface area contributed by atoms with Gasteiger partial charge in [-0.05, 0) is 26.1 Å². The molecule has 0 atom stereocenters. The maximum absolute atomic E-state index is 12.8. The SMILES string of the molecule is CCN(CC)CCNC(=O)c1oc2ccccc2c1CSc1nnc(C)s1. The Balaban J connectivity index is 1.76. The number of benzene rings is 1. The Morgan fingerprint density at radius 1 is 1.26 bits per heavy atom. The number of rotatable bonds is 9. The van der Waals surface area contributed by atoms with Crippen molar-refractivity contribution in [3.63, 3.8) is 0 Å². The molecule has 6 nitrogen and oxygen atoms in total. The number of carbonyl (C=O) groups is 1. The van der Waals surface area contributed by atoms with Crippen LogP contribution in [0.2, 0.25) is 0 Å². The van der Waals surface area contributed by atoms with Crippen LogP contribution in [0.1, 0.15) is 35.0 Å². The lowest BCUT2D eigenvalue weighted by Gasteiger charge is -2.17. The van der Waals surface area contributed by atoms with Crippen LogP contribution in [-0.4, -0.2) is 47.2 Å². The number of furan rings is 1. The van der Waals surface area contributed by atoms with E-state index in [1.165, 1.54) is 0 Å². The Hall–Kier alpha value is -1.90. The molecule has 0 saturated heterocycles. The van der Waals surface area contributed by atoms with Crippen LogP contribution in [0.5, 0.6) is 0 Å². The molecule has 1 N–H and O–H groups in total. The molecule has 1 amide bonds. The lowest BCUT2D eigenvalue weighted by atomic mass is 10.1. The van der Waals surface area contributed by atoms with Gasteiger partial charge in [-0.2, -0.15) is 0 Å². The van der Waals surface area contributed by atoms with E-state index in [0.717, 1.165) is 45.5 Å². The van der Waals surface area contributed by atoms with Gasteiger partial charge in [-0.1, -0.05) is 55.1 Å². The Labute approximate surface area is 167 Å². The first-order chi connectivity index (χ1) is 13.1. The number of aromatic nitrogens is 2. The molecule has 0 aliphatic carbocycles. The van der Waals surface area contributed by atoms with Gasteiger partial charge in [-0.15, -0.1) is 10.2 Å². The van der Waals surface area contributed by atoms with Gasteiger partial charge >= 0.3 is 0 Å². The van der Waals surface area contributed by atoms with E-state index in [-0.39, 0.29) is 5.91 Å². The van der Waals surface area contributed by atoms with E-state index in [4.69, 9.17) is 4.42 Å². The lowest BCUT2D eigenvalue weighted by Crippen LogP contribution is -2.34. The molecule has 0 aliphatic rings. The van der Waals surface area contributed by atoms with Gasteiger partial charge in [-0.3, -0.25) is 4.79 Å². The van der Waals surface area contributed by atoms with E-state index >= 15 is 0 Å². The molecule has 3 aromatic rings. The van der Waals surface area contributed by atoms with Crippen LogP contribution in [0.3, 0.4) is 0 Å². The smallest absolute Gasteiger partial charge is 0.287 e. The lowest BCUT2D eigenvalue weighted by molar-refractivity contribution is 0.0922. The summed E-state index contributed by atoms with van der Waals surface area (Å²) in [5, 5.41) is 13.1. The second-order valence-corrected chi connectivity index (χ2v) is 8.47. The first-order valence-corrected chi connectivity index (χ1v) is 10.9. The number of carbonyl (C=O) groups excluding carboxylic acids is 1. The van der Waals surface area contributed by atoms with E-state index in [2.05, 4.69) is 34.3 Å². The quantitative estimate of drug-likeness (QED) is 0.545. The number of nitrogens with one attached hydrogen (secondary N) is 1. The van der Waals surface area contributed by atoms with Crippen molar-refractivity contribution in [2.45, 2.75) is 30.9 Å². The molecule has 2 heterocycles. The van der Waals surface area contributed by atoms with Crippen molar-refractivity contribution in [2.24, 2.45) is 0 Å². The largest absolute Gasteiger partial charge is 0.451 e. The van der Waals surface area contributed by atoms with Crippen LogP contribution < -0.4 is 5.32 Å². The summed E-state index contributed by atoms with van der Waals surface area (Å²) in [5.41, 5.74) is 1.64. The summed E-state index contributed by atoms with van der Waals surface area (Å²) in [7, 11) is 0. The Morgan fingerprint density at radius 2 is 2.04 bits per heavy atom. The first-order valence-electron chi connectivity index (χ1n) is 9.06. The average molecular weight is 405 g/mol. The van der Waals surface area contributed by atoms with Crippen LogP contribution in [0.4, 0.5) is 0 Å². The summed E-state index contributed by atoms with van der Waals surface area (Å²) in [6.45, 7) is 9.54. The van der Waals surface area contributed by atoms with Gasteiger partial charge in [0.2, 0.25) is 0 Å². The molecule has 0 saturated carbocycles. The summed E-state index contributed by atoms with van der Waals surface area (Å²) in [6.07, 6.45) is 0. The van der Waals surface area contributed by atoms with Crippen LogP contribution in [0.15, 0.2) is 33.0 Å². The van der Waals surface area contributed by atoms with Crippen molar-refractivity contribution in [1.29, 1.82) is 0 Å². The van der Waals surface area contributed by atoms with E-state index < -0.39 is 0 Å². The Kier molecular flexibility index (Phi) is 6.87. The Bertz CT molecular complexity index is 902. The van der Waals surface area contributed by atoms with Gasteiger partial charge in [0.15, 0.2) is 10.1 Å². The molecule has 0 fully saturated rings. The number of hydrogen-bond donors (Lipinski definition) is 1. The van der Waals surface area contributed by atoms with Gasteiger partial charge in [-0.25, -0.2) is 0 Å². The second-order valence-electron chi connectivity index (χ2n) is 6.06. The minimum absolute atomic E-state index is 0.164. The maximum atomic E-state index is 12.8. The third-order valence-corrected chi connectivity index (χ3v) is 6.36. The zero-order valence-corrected chi connectivity index (χ0v) is 17.5. The third kappa shape index (κ3) is 4.88. The normalized spacial score (nSPS) is 11.4. The summed E-state index contributed by atoms with van der Waals surface area (Å²) in [4.78, 5) is 15.0. The Morgan fingerprint density at radius 3 is 2.74 bits per heavy atom. The monoisotopic (exact) mass is 404 g/mol. The van der Waals surface area contributed by atoms with Crippen molar-refractivity contribution < 1.29 is 9.21 Å². The molecule has 2 aromatic heterocycles. The van der Waals surface area contributed by atoms with Crippen LogP contribution in [0.25, 0.3) is 11.0 Å². The van der Waals surface area contributed by atoms with Crippen LogP contribution in [-0.2, 0) is 5.75 Å². The minimum Gasteiger partial charge on any atom is -0.451 e. The molecule has 3 rings (SSSR count). The van der Waals surface area contributed by atoms with Crippen LogP contribution >= 0.6 is 23.1 Å². The van der Waals surface area contributed by atoms with Crippen molar-refractivity contribution >= 4 is 40.0 Å².